The molecule has 1 amide bonds. The van der Waals surface area contributed by atoms with Crippen molar-refractivity contribution in [1.82, 2.24) is 10.6 Å². The van der Waals surface area contributed by atoms with Gasteiger partial charge in [0.05, 0.1) is 6.04 Å². The number of halogens is 2. The van der Waals surface area contributed by atoms with Crippen molar-refractivity contribution in [3.63, 3.8) is 0 Å². The molecule has 2 aromatic rings. The van der Waals surface area contributed by atoms with E-state index in [0.717, 1.165) is 24.9 Å². The Kier molecular flexibility index (Phi) is 6.58. The van der Waals surface area contributed by atoms with Crippen LogP contribution in [0.25, 0.3) is 0 Å². The minimum atomic E-state index is -0.291. The summed E-state index contributed by atoms with van der Waals surface area (Å²) in [6.45, 7) is 1.40. The molecular weight excluding hydrogens is 331 g/mol. The van der Waals surface area contributed by atoms with Gasteiger partial charge in [-0.2, -0.15) is 0 Å². The van der Waals surface area contributed by atoms with Crippen LogP contribution in [0.3, 0.4) is 0 Å². The van der Waals surface area contributed by atoms with Gasteiger partial charge < -0.3 is 15.4 Å². The van der Waals surface area contributed by atoms with Crippen molar-refractivity contribution >= 4 is 18.3 Å². The lowest BCUT2D eigenvalue weighted by Crippen LogP contribution is -2.39. The van der Waals surface area contributed by atoms with Crippen LogP contribution in [0.2, 0.25) is 0 Å². The van der Waals surface area contributed by atoms with Crippen molar-refractivity contribution in [2.24, 2.45) is 0 Å². The van der Waals surface area contributed by atoms with Gasteiger partial charge in [-0.05, 0) is 61.3 Å². The Bertz CT molecular complexity index is 656. The lowest BCUT2D eigenvalue weighted by molar-refractivity contribution is -0.122. The summed E-state index contributed by atoms with van der Waals surface area (Å²) >= 11 is 0. The second kappa shape index (κ2) is 8.66. The zero-order valence-corrected chi connectivity index (χ0v) is 13.9. The Morgan fingerprint density at radius 1 is 1.12 bits per heavy atom. The summed E-state index contributed by atoms with van der Waals surface area (Å²) in [4.78, 5) is 11.9. The van der Waals surface area contributed by atoms with Gasteiger partial charge in [0.1, 0.15) is 17.3 Å². The second-order valence-corrected chi connectivity index (χ2v) is 5.57. The first-order valence-corrected chi connectivity index (χ1v) is 7.74. The smallest absolute Gasteiger partial charge is 0.237 e. The molecule has 1 fully saturated rings. The van der Waals surface area contributed by atoms with Crippen LogP contribution in [0.15, 0.2) is 48.5 Å². The van der Waals surface area contributed by atoms with E-state index >= 15 is 0 Å². The molecular formula is C18H20ClFN2O2. The maximum Gasteiger partial charge on any atom is 0.237 e. The lowest BCUT2D eigenvalue weighted by atomic mass is 10.2. The van der Waals surface area contributed by atoms with Crippen LogP contribution in [-0.2, 0) is 11.3 Å². The zero-order chi connectivity index (χ0) is 16.1. The van der Waals surface area contributed by atoms with E-state index in [2.05, 4.69) is 10.6 Å². The summed E-state index contributed by atoms with van der Waals surface area (Å²) in [5.74, 6) is 1.01. The third-order valence-corrected chi connectivity index (χ3v) is 3.82. The van der Waals surface area contributed by atoms with E-state index in [0.29, 0.717) is 18.0 Å². The predicted molar refractivity (Wildman–Crippen MR) is 93.0 cm³/mol. The van der Waals surface area contributed by atoms with Gasteiger partial charge in [0, 0.05) is 6.54 Å². The first kappa shape index (κ1) is 18.2. The molecule has 0 aromatic heterocycles. The van der Waals surface area contributed by atoms with Crippen molar-refractivity contribution in [3.05, 3.63) is 59.9 Å². The number of rotatable bonds is 5. The van der Waals surface area contributed by atoms with Crippen LogP contribution in [0.4, 0.5) is 4.39 Å². The predicted octanol–water partition coefficient (Wildman–Crippen LogP) is 3.41. The molecule has 6 heteroatoms. The fraction of sp³-hybridized carbons (Fsp3) is 0.278. The Hall–Kier alpha value is -2.11. The maximum atomic E-state index is 12.8. The van der Waals surface area contributed by atoms with Crippen molar-refractivity contribution in [1.29, 1.82) is 0 Å². The number of carbonyl (C=O) groups is 1. The van der Waals surface area contributed by atoms with Gasteiger partial charge in [0.2, 0.25) is 5.91 Å². The number of nitrogens with one attached hydrogen (secondary N) is 2. The monoisotopic (exact) mass is 350 g/mol. The molecule has 4 nitrogen and oxygen atoms in total. The van der Waals surface area contributed by atoms with Crippen LogP contribution >= 0.6 is 12.4 Å². The van der Waals surface area contributed by atoms with Crippen molar-refractivity contribution in [2.75, 3.05) is 6.54 Å². The Labute approximate surface area is 146 Å². The minimum absolute atomic E-state index is 0. The molecule has 1 atom stereocenters. The van der Waals surface area contributed by atoms with Gasteiger partial charge in [-0.15, -0.1) is 12.4 Å². The minimum Gasteiger partial charge on any atom is -0.457 e. The molecule has 0 radical (unpaired) electrons. The molecule has 0 aliphatic carbocycles. The zero-order valence-electron chi connectivity index (χ0n) is 13.1. The quantitative estimate of drug-likeness (QED) is 0.868. The molecule has 1 aliphatic heterocycles. The van der Waals surface area contributed by atoms with E-state index in [9.17, 15) is 9.18 Å². The third-order valence-electron chi connectivity index (χ3n) is 3.82. The summed E-state index contributed by atoms with van der Waals surface area (Å²) in [6, 6.07) is 13.3. The van der Waals surface area contributed by atoms with Gasteiger partial charge in [0.15, 0.2) is 0 Å². The topological polar surface area (TPSA) is 50.4 Å². The standard InChI is InChI=1S/C18H19FN2O2.ClH/c19-14-5-9-16(10-6-14)23-15-7-3-13(4-8-15)12-21-18(22)17-2-1-11-20-17;/h3-10,17,20H,1-2,11-12H2,(H,21,22);1H/t17-;/m0./s1. The van der Waals surface area contributed by atoms with E-state index in [1.807, 2.05) is 24.3 Å². The largest absolute Gasteiger partial charge is 0.457 e. The van der Waals surface area contributed by atoms with Gasteiger partial charge in [-0.1, -0.05) is 12.1 Å². The van der Waals surface area contributed by atoms with Gasteiger partial charge in [0.25, 0.3) is 0 Å². The first-order chi connectivity index (χ1) is 11.2. The maximum absolute atomic E-state index is 12.8. The average Bonchev–Trinajstić information content (AvgIpc) is 3.11. The van der Waals surface area contributed by atoms with Crippen LogP contribution in [0.5, 0.6) is 11.5 Å². The van der Waals surface area contributed by atoms with E-state index < -0.39 is 0 Å². The molecule has 1 aliphatic rings. The molecule has 1 saturated heterocycles. The van der Waals surface area contributed by atoms with Crippen molar-refractivity contribution < 1.29 is 13.9 Å². The van der Waals surface area contributed by atoms with Crippen molar-refractivity contribution in [3.8, 4) is 11.5 Å². The fourth-order valence-electron chi connectivity index (χ4n) is 2.53. The number of benzene rings is 2. The van der Waals surface area contributed by atoms with Crippen LogP contribution in [0, 0.1) is 5.82 Å². The second-order valence-electron chi connectivity index (χ2n) is 5.57. The summed E-state index contributed by atoms with van der Waals surface area (Å²) in [5.41, 5.74) is 1.00. The van der Waals surface area contributed by atoms with E-state index in [1.54, 1.807) is 12.1 Å². The van der Waals surface area contributed by atoms with Crippen molar-refractivity contribution in [2.45, 2.75) is 25.4 Å². The molecule has 0 spiro atoms. The molecule has 0 bridgehead atoms. The highest BCUT2D eigenvalue weighted by Crippen LogP contribution is 2.21. The Balaban J connectivity index is 0.00000208. The Morgan fingerprint density at radius 3 is 2.33 bits per heavy atom. The van der Waals surface area contributed by atoms with Crippen LogP contribution < -0.4 is 15.4 Å². The highest BCUT2D eigenvalue weighted by molar-refractivity contribution is 5.85. The molecule has 0 unspecified atom stereocenters. The third kappa shape index (κ3) is 4.94. The SMILES string of the molecule is Cl.O=C(NCc1ccc(Oc2ccc(F)cc2)cc1)[C@@H]1CCCN1. The molecule has 128 valence electrons. The molecule has 2 N–H and O–H groups in total. The van der Waals surface area contributed by atoms with Gasteiger partial charge in [-0.3, -0.25) is 4.79 Å². The number of ether oxygens (including phenoxy) is 1. The highest BCUT2D eigenvalue weighted by atomic mass is 35.5. The normalized spacial score (nSPS) is 16.3. The first-order valence-electron chi connectivity index (χ1n) is 7.74. The van der Waals surface area contributed by atoms with E-state index in [-0.39, 0.29) is 30.2 Å². The summed E-state index contributed by atoms with van der Waals surface area (Å²) in [7, 11) is 0. The fourth-order valence-corrected chi connectivity index (χ4v) is 2.53. The van der Waals surface area contributed by atoms with E-state index in [4.69, 9.17) is 4.74 Å². The Morgan fingerprint density at radius 2 is 1.75 bits per heavy atom. The number of hydrogen-bond acceptors (Lipinski definition) is 3. The number of carbonyl (C=O) groups excluding carboxylic acids is 1. The van der Waals surface area contributed by atoms with Gasteiger partial charge >= 0.3 is 0 Å². The highest BCUT2D eigenvalue weighted by Gasteiger charge is 2.21. The van der Waals surface area contributed by atoms with Crippen LogP contribution in [0.1, 0.15) is 18.4 Å². The number of amides is 1. The molecule has 0 saturated carbocycles. The molecule has 1 heterocycles. The summed E-state index contributed by atoms with van der Waals surface area (Å²) in [5, 5.41) is 6.11. The van der Waals surface area contributed by atoms with Gasteiger partial charge in [-0.25, -0.2) is 4.39 Å². The number of hydrogen-bond donors (Lipinski definition) is 2. The summed E-state index contributed by atoms with van der Waals surface area (Å²) < 4.78 is 18.5. The molecule has 24 heavy (non-hydrogen) atoms. The average molecular weight is 351 g/mol. The summed E-state index contributed by atoms with van der Waals surface area (Å²) in [6.07, 6.45) is 1.95. The molecule has 2 aromatic carbocycles. The lowest BCUT2D eigenvalue weighted by Gasteiger charge is -2.11. The van der Waals surface area contributed by atoms with Crippen LogP contribution in [-0.4, -0.2) is 18.5 Å². The van der Waals surface area contributed by atoms with E-state index in [1.165, 1.54) is 12.1 Å². The molecule has 3 rings (SSSR count).